The van der Waals surface area contributed by atoms with Crippen LogP contribution >= 0.6 is 22.9 Å². The zero-order valence-electron chi connectivity index (χ0n) is 14.7. The molecule has 0 unspecified atom stereocenters. The molecule has 0 fully saturated rings. The van der Waals surface area contributed by atoms with Crippen molar-refractivity contribution in [3.05, 3.63) is 52.1 Å². The summed E-state index contributed by atoms with van der Waals surface area (Å²) in [5.41, 5.74) is 2.40. The molecule has 9 heteroatoms. The molecule has 0 aliphatic carbocycles. The number of nitrogens with zero attached hydrogens (tertiary/aromatic N) is 4. The highest BCUT2D eigenvalue weighted by atomic mass is 35.5. The van der Waals surface area contributed by atoms with Crippen LogP contribution in [0.4, 0.5) is 5.13 Å². The first-order chi connectivity index (χ1) is 13.0. The summed E-state index contributed by atoms with van der Waals surface area (Å²) in [6, 6.07) is 8.98. The molecule has 0 saturated carbocycles. The van der Waals surface area contributed by atoms with Crippen LogP contribution in [0.2, 0.25) is 5.02 Å². The number of thiazole rings is 1. The molecule has 3 rings (SSSR count). The van der Waals surface area contributed by atoms with Crippen molar-refractivity contribution >= 4 is 34.0 Å². The van der Waals surface area contributed by atoms with Crippen LogP contribution in [0, 0.1) is 11.3 Å². The number of benzene rings is 1. The van der Waals surface area contributed by atoms with Crippen molar-refractivity contribution in [3.63, 3.8) is 0 Å². The fourth-order valence-electron chi connectivity index (χ4n) is 2.50. The van der Waals surface area contributed by atoms with Crippen LogP contribution in [0.15, 0.2) is 35.8 Å². The van der Waals surface area contributed by atoms with Crippen LogP contribution in [0.3, 0.4) is 0 Å². The first kappa shape index (κ1) is 18.9. The second-order valence-electron chi connectivity index (χ2n) is 5.89. The predicted octanol–water partition coefficient (Wildman–Crippen LogP) is 3.39. The predicted molar refractivity (Wildman–Crippen MR) is 106 cm³/mol. The minimum absolute atomic E-state index is 0.130. The van der Waals surface area contributed by atoms with Crippen molar-refractivity contribution in [3.8, 4) is 17.3 Å². The van der Waals surface area contributed by atoms with Crippen molar-refractivity contribution in [2.45, 2.75) is 19.5 Å². The Hall–Kier alpha value is -2.89. The number of hydrogen-bond donors (Lipinski definition) is 2. The van der Waals surface area contributed by atoms with Gasteiger partial charge in [-0.25, -0.2) is 4.98 Å². The second kappa shape index (κ2) is 8.20. The SMILES string of the molecule is CNc1nc(C(=O)N[C@@H](C)Cn2ccc(-c3ccc(C#N)c(Cl)c3)n2)cs1. The van der Waals surface area contributed by atoms with E-state index in [1.54, 1.807) is 29.2 Å². The van der Waals surface area contributed by atoms with Gasteiger partial charge in [0.05, 0.1) is 22.8 Å². The third kappa shape index (κ3) is 4.45. The average Bonchev–Trinajstić information content (AvgIpc) is 3.30. The van der Waals surface area contributed by atoms with E-state index < -0.39 is 0 Å². The van der Waals surface area contributed by atoms with Gasteiger partial charge in [0.2, 0.25) is 0 Å². The molecular formula is C18H17ClN6OS. The van der Waals surface area contributed by atoms with E-state index in [-0.39, 0.29) is 11.9 Å². The van der Waals surface area contributed by atoms with Gasteiger partial charge in [0.1, 0.15) is 11.8 Å². The lowest BCUT2D eigenvalue weighted by molar-refractivity contribution is 0.0932. The number of aromatic nitrogens is 3. The Balaban J connectivity index is 1.64. The number of carbonyl (C=O) groups is 1. The molecular weight excluding hydrogens is 384 g/mol. The summed E-state index contributed by atoms with van der Waals surface area (Å²) < 4.78 is 1.76. The van der Waals surface area contributed by atoms with E-state index in [0.29, 0.717) is 28.0 Å². The summed E-state index contributed by atoms with van der Waals surface area (Å²) in [7, 11) is 1.76. The fourth-order valence-corrected chi connectivity index (χ4v) is 3.37. The smallest absolute Gasteiger partial charge is 0.271 e. The summed E-state index contributed by atoms with van der Waals surface area (Å²) in [6.07, 6.45) is 1.84. The molecule has 1 aromatic carbocycles. The number of rotatable bonds is 6. The van der Waals surface area contributed by atoms with Crippen molar-refractivity contribution in [2.75, 3.05) is 12.4 Å². The summed E-state index contributed by atoms with van der Waals surface area (Å²) in [4.78, 5) is 16.4. The third-order valence-corrected chi connectivity index (χ3v) is 4.99. The Bertz CT molecular complexity index is 1010. The zero-order valence-corrected chi connectivity index (χ0v) is 16.3. The molecule has 0 aliphatic rings. The Labute approximate surface area is 165 Å². The van der Waals surface area contributed by atoms with Crippen LogP contribution in [-0.2, 0) is 6.54 Å². The minimum atomic E-state index is -0.216. The maximum atomic E-state index is 12.2. The number of halogens is 1. The Morgan fingerprint density at radius 3 is 2.93 bits per heavy atom. The number of nitriles is 1. The van der Waals surface area contributed by atoms with Crippen molar-refractivity contribution in [2.24, 2.45) is 0 Å². The van der Waals surface area contributed by atoms with Crippen molar-refractivity contribution in [1.82, 2.24) is 20.1 Å². The molecule has 0 radical (unpaired) electrons. The maximum Gasteiger partial charge on any atom is 0.271 e. The molecule has 0 bridgehead atoms. The molecule has 1 atom stereocenters. The molecule has 2 aromatic heterocycles. The number of hydrogen-bond acceptors (Lipinski definition) is 6. The topological polar surface area (TPSA) is 95.6 Å². The lowest BCUT2D eigenvalue weighted by Crippen LogP contribution is -2.36. The molecule has 2 N–H and O–H groups in total. The van der Waals surface area contributed by atoms with E-state index in [2.05, 4.69) is 20.7 Å². The number of amides is 1. The molecule has 27 heavy (non-hydrogen) atoms. The quantitative estimate of drug-likeness (QED) is 0.661. The first-order valence-electron chi connectivity index (χ1n) is 8.17. The highest BCUT2D eigenvalue weighted by Gasteiger charge is 2.14. The number of carbonyl (C=O) groups excluding carboxylic acids is 1. The van der Waals surface area contributed by atoms with Gasteiger partial charge in [0.25, 0.3) is 5.91 Å². The Morgan fingerprint density at radius 1 is 1.44 bits per heavy atom. The van der Waals surface area contributed by atoms with Gasteiger partial charge in [-0.1, -0.05) is 17.7 Å². The second-order valence-corrected chi connectivity index (χ2v) is 7.16. The minimum Gasteiger partial charge on any atom is -0.365 e. The van der Waals surface area contributed by atoms with E-state index in [9.17, 15) is 4.79 Å². The maximum absolute atomic E-state index is 12.2. The summed E-state index contributed by atoms with van der Waals surface area (Å²) in [6.45, 7) is 2.42. The average molecular weight is 401 g/mol. The largest absolute Gasteiger partial charge is 0.365 e. The van der Waals surface area contributed by atoms with Gasteiger partial charge in [-0.05, 0) is 25.1 Å². The molecule has 0 spiro atoms. The zero-order chi connectivity index (χ0) is 19.4. The van der Waals surface area contributed by atoms with Gasteiger partial charge in [-0.2, -0.15) is 10.4 Å². The van der Waals surface area contributed by atoms with E-state index in [1.807, 2.05) is 31.3 Å². The van der Waals surface area contributed by atoms with Crippen LogP contribution in [0.1, 0.15) is 23.0 Å². The molecule has 3 aromatic rings. The molecule has 1 amide bonds. The third-order valence-electron chi connectivity index (χ3n) is 3.82. The van der Waals surface area contributed by atoms with Crippen LogP contribution < -0.4 is 10.6 Å². The van der Waals surface area contributed by atoms with E-state index in [0.717, 1.165) is 11.3 Å². The number of nitrogens with one attached hydrogen (secondary N) is 2. The molecule has 138 valence electrons. The lowest BCUT2D eigenvalue weighted by atomic mass is 10.1. The van der Waals surface area contributed by atoms with Crippen LogP contribution in [0.5, 0.6) is 0 Å². The lowest BCUT2D eigenvalue weighted by Gasteiger charge is -2.13. The van der Waals surface area contributed by atoms with Gasteiger partial charge in [0, 0.05) is 30.2 Å². The van der Waals surface area contributed by atoms with Crippen molar-refractivity contribution < 1.29 is 4.79 Å². The van der Waals surface area contributed by atoms with Crippen molar-refractivity contribution in [1.29, 1.82) is 5.26 Å². The highest BCUT2D eigenvalue weighted by molar-refractivity contribution is 7.13. The summed E-state index contributed by atoms with van der Waals surface area (Å²) in [5, 5.41) is 22.1. The summed E-state index contributed by atoms with van der Waals surface area (Å²) >= 11 is 7.47. The summed E-state index contributed by atoms with van der Waals surface area (Å²) in [5.74, 6) is -0.216. The normalized spacial score (nSPS) is 11.6. The Kier molecular flexibility index (Phi) is 5.74. The van der Waals surface area contributed by atoms with Gasteiger partial charge >= 0.3 is 0 Å². The highest BCUT2D eigenvalue weighted by Crippen LogP contribution is 2.24. The molecule has 0 saturated heterocycles. The van der Waals surface area contributed by atoms with Crippen LogP contribution in [0.25, 0.3) is 11.3 Å². The van der Waals surface area contributed by atoms with E-state index in [1.165, 1.54) is 11.3 Å². The first-order valence-corrected chi connectivity index (χ1v) is 9.43. The Morgan fingerprint density at radius 2 is 2.26 bits per heavy atom. The van der Waals surface area contributed by atoms with Crippen LogP contribution in [-0.4, -0.2) is 33.8 Å². The molecule has 0 aliphatic heterocycles. The number of anilines is 1. The van der Waals surface area contributed by atoms with Gasteiger partial charge in [-0.3, -0.25) is 9.48 Å². The molecule has 2 heterocycles. The van der Waals surface area contributed by atoms with Gasteiger partial charge < -0.3 is 10.6 Å². The van der Waals surface area contributed by atoms with Gasteiger partial charge in [0.15, 0.2) is 5.13 Å². The monoisotopic (exact) mass is 400 g/mol. The van der Waals surface area contributed by atoms with E-state index >= 15 is 0 Å². The molecule has 7 nitrogen and oxygen atoms in total. The van der Waals surface area contributed by atoms with Gasteiger partial charge in [-0.15, -0.1) is 11.3 Å². The standard InChI is InChI=1S/C18H17ClN6OS/c1-11(22-17(26)16-10-27-18(21-2)23-16)9-25-6-5-15(24-25)12-3-4-13(8-20)14(19)7-12/h3-7,10-11H,9H2,1-2H3,(H,21,23)(H,22,26)/t11-/m0/s1. The van der Waals surface area contributed by atoms with E-state index in [4.69, 9.17) is 16.9 Å². The fraction of sp³-hybridized carbons (Fsp3) is 0.222.